The molecule has 0 heterocycles. The van der Waals surface area contributed by atoms with Crippen LogP contribution in [0.25, 0.3) is 0 Å². The maximum absolute atomic E-state index is 11.8. The van der Waals surface area contributed by atoms with Crippen LogP contribution in [-0.2, 0) is 0 Å². The molecule has 0 atom stereocenters. The number of hydrogen-bond donors (Lipinski definition) is 2. The Morgan fingerprint density at radius 2 is 2.25 bits per heavy atom. The van der Waals surface area contributed by atoms with Crippen LogP contribution in [0.1, 0.15) is 22.3 Å². The lowest BCUT2D eigenvalue weighted by Gasteiger charge is -2.12. The Morgan fingerprint density at radius 1 is 1.62 bits per heavy atom. The second-order valence-corrected chi connectivity index (χ2v) is 3.78. The van der Waals surface area contributed by atoms with E-state index < -0.39 is 0 Å². The van der Waals surface area contributed by atoms with Gasteiger partial charge in [0.2, 0.25) is 0 Å². The van der Waals surface area contributed by atoms with Gasteiger partial charge in [-0.3, -0.25) is 4.79 Å². The van der Waals surface area contributed by atoms with Crippen molar-refractivity contribution in [2.24, 2.45) is 5.73 Å². The quantitative estimate of drug-likeness (QED) is 0.793. The molecule has 0 unspecified atom stereocenters. The Balaban J connectivity index is 3.35. The lowest BCUT2D eigenvalue weighted by molar-refractivity contribution is 0.0981. The molecule has 0 aromatic heterocycles. The van der Waals surface area contributed by atoms with Gasteiger partial charge in [-0.15, -0.1) is 0 Å². The maximum atomic E-state index is 11.8. The molecule has 0 aliphatic rings. The highest BCUT2D eigenvalue weighted by molar-refractivity contribution is 6.32. The highest BCUT2D eigenvalue weighted by Crippen LogP contribution is 2.37. The molecule has 0 amide bonds. The van der Waals surface area contributed by atoms with E-state index in [9.17, 15) is 9.90 Å². The first-order valence-electron chi connectivity index (χ1n) is 4.82. The van der Waals surface area contributed by atoms with E-state index in [1.807, 2.05) is 0 Å². The number of hydrogen-bond acceptors (Lipinski definition) is 4. The molecule has 0 saturated heterocycles. The minimum Gasteiger partial charge on any atom is -0.504 e. The molecule has 4 nitrogen and oxygen atoms in total. The molecule has 88 valence electrons. The van der Waals surface area contributed by atoms with Crippen molar-refractivity contribution < 1.29 is 14.6 Å². The predicted molar refractivity (Wildman–Crippen MR) is 62.4 cm³/mol. The number of ether oxygens (including phenoxy) is 1. The van der Waals surface area contributed by atoms with Crippen molar-refractivity contribution in [1.29, 1.82) is 0 Å². The van der Waals surface area contributed by atoms with E-state index in [2.05, 4.69) is 0 Å². The van der Waals surface area contributed by atoms with Crippen molar-refractivity contribution in [3.8, 4) is 11.5 Å². The van der Waals surface area contributed by atoms with E-state index in [0.717, 1.165) is 0 Å². The molecule has 0 saturated carbocycles. The normalized spacial score (nSPS) is 10.2. The summed E-state index contributed by atoms with van der Waals surface area (Å²) in [5, 5.41) is 10.2. The summed E-state index contributed by atoms with van der Waals surface area (Å²) in [6, 6.07) is 1.48. The number of halogens is 1. The van der Waals surface area contributed by atoms with Crippen LogP contribution in [-0.4, -0.2) is 24.5 Å². The number of carbonyl (C=O) groups excluding carboxylic acids is 1. The fraction of sp³-hybridized carbons (Fsp3) is 0.364. The molecule has 0 fully saturated rings. The summed E-state index contributed by atoms with van der Waals surface area (Å²) in [6.07, 6.45) is 0.165. The van der Waals surface area contributed by atoms with Gasteiger partial charge < -0.3 is 15.6 Å². The summed E-state index contributed by atoms with van der Waals surface area (Å²) in [4.78, 5) is 11.8. The lowest BCUT2D eigenvalue weighted by atomic mass is 10.0. The number of phenolic OH excluding ortho intramolecular Hbond substituents is 1. The number of ketones is 1. The molecule has 0 spiro atoms. The zero-order valence-corrected chi connectivity index (χ0v) is 9.97. The number of benzene rings is 1. The Bertz CT molecular complexity index is 418. The van der Waals surface area contributed by atoms with Gasteiger partial charge in [-0.05, 0) is 19.0 Å². The van der Waals surface area contributed by atoms with E-state index in [4.69, 9.17) is 22.1 Å². The second kappa shape index (κ2) is 5.18. The van der Waals surface area contributed by atoms with Crippen LogP contribution in [0.2, 0.25) is 5.02 Å². The summed E-state index contributed by atoms with van der Waals surface area (Å²) < 4.78 is 4.93. The van der Waals surface area contributed by atoms with Gasteiger partial charge >= 0.3 is 0 Å². The Hall–Kier alpha value is -1.26. The average Bonchev–Trinajstić information content (AvgIpc) is 2.24. The fourth-order valence-electron chi connectivity index (χ4n) is 1.46. The van der Waals surface area contributed by atoms with Gasteiger partial charge in [0.05, 0.1) is 12.7 Å². The van der Waals surface area contributed by atoms with E-state index >= 15 is 0 Å². The molecule has 16 heavy (non-hydrogen) atoms. The number of methoxy groups -OCH3 is 1. The number of carbonyl (C=O) groups is 1. The first kappa shape index (κ1) is 12.8. The number of nitrogens with two attached hydrogens (primary N) is 1. The fourth-order valence-corrected chi connectivity index (χ4v) is 1.66. The van der Waals surface area contributed by atoms with Crippen molar-refractivity contribution in [2.75, 3.05) is 13.7 Å². The van der Waals surface area contributed by atoms with Gasteiger partial charge in [0.1, 0.15) is 0 Å². The van der Waals surface area contributed by atoms with E-state index in [1.165, 1.54) is 13.2 Å². The number of Topliss-reactive ketones (excluding diaryl/α,β-unsaturated/α-hetero) is 1. The van der Waals surface area contributed by atoms with Crippen LogP contribution < -0.4 is 10.5 Å². The lowest BCUT2D eigenvalue weighted by Crippen LogP contribution is -2.10. The van der Waals surface area contributed by atoms with Crippen LogP contribution >= 0.6 is 11.6 Å². The Kier molecular flexibility index (Phi) is 4.15. The molecule has 0 aliphatic carbocycles. The average molecular weight is 244 g/mol. The summed E-state index contributed by atoms with van der Waals surface area (Å²) in [6.45, 7) is 1.90. The van der Waals surface area contributed by atoms with Gasteiger partial charge in [0.15, 0.2) is 17.3 Å². The Morgan fingerprint density at radius 3 is 2.75 bits per heavy atom. The molecule has 0 bridgehead atoms. The highest BCUT2D eigenvalue weighted by Gasteiger charge is 2.19. The van der Waals surface area contributed by atoms with Gasteiger partial charge in [-0.2, -0.15) is 0 Å². The number of aromatic hydroxyl groups is 1. The number of rotatable bonds is 4. The topological polar surface area (TPSA) is 72.5 Å². The van der Waals surface area contributed by atoms with Crippen molar-refractivity contribution in [1.82, 2.24) is 0 Å². The monoisotopic (exact) mass is 243 g/mol. The summed E-state index contributed by atoms with van der Waals surface area (Å²) in [5.74, 6) is -0.225. The molecule has 0 aliphatic heterocycles. The first-order chi connectivity index (χ1) is 7.52. The minimum absolute atomic E-state index is 0.165. The third-order valence-electron chi connectivity index (χ3n) is 2.33. The van der Waals surface area contributed by atoms with Crippen molar-refractivity contribution in [3.05, 3.63) is 22.2 Å². The Labute approximate surface area is 99.0 Å². The van der Waals surface area contributed by atoms with Gasteiger partial charge in [-0.25, -0.2) is 0 Å². The highest BCUT2D eigenvalue weighted by atomic mass is 35.5. The zero-order chi connectivity index (χ0) is 12.3. The largest absolute Gasteiger partial charge is 0.504 e. The SMILES string of the molecule is COc1cc(Cl)c(C)c(C(=O)CCN)c1O. The summed E-state index contributed by atoms with van der Waals surface area (Å²) in [5.41, 5.74) is 6.04. The smallest absolute Gasteiger partial charge is 0.169 e. The molecular weight excluding hydrogens is 230 g/mol. The van der Waals surface area contributed by atoms with E-state index in [1.54, 1.807) is 6.92 Å². The molecular formula is C11H14ClNO3. The second-order valence-electron chi connectivity index (χ2n) is 3.37. The number of phenols is 1. The van der Waals surface area contributed by atoms with Crippen LogP contribution in [0.3, 0.4) is 0 Å². The summed E-state index contributed by atoms with van der Waals surface area (Å²) in [7, 11) is 1.40. The van der Waals surface area contributed by atoms with Gasteiger partial charge in [0.25, 0.3) is 0 Å². The maximum Gasteiger partial charge on any atom is 0.169 e. The minimum atomic E-state index is -0.238. The molecule has 1 aromatic carbocycles. The van der Waals surface area contributed by atoms with Crippen LogP contribution in [0.15, 0.2) is 6.07 Å². The van der Waals surface area contributed by atoms with Crippen molar-refractivity contribution >= 4 is 17.4 Å². The first-order valence-corrected chi connectivity index (χ1v) is 5.20. The third-order valence-corrected chi connectivity index (χ3v) is 2.72. The molecule has 3 N–H and O–H groups in total. The predicted octanol–water partition coefficient (Wildman–Crippen LogP) is 1.89. The third kappa shape index (κ3) is 2.28. The standard InChI is InChI=1S/C11H14ClNO3/c1-6-7(12)5-9(16-2)11(15)10(6)8(14)3-4-13/h5,15H,3-4,13H2,1-2H3. The van der Waals surface area contributed by atoms with Crippen LogP contribution in [0.4, 0.5) is 0 Å². The molecule has 1 aromatic rings. The molecule has 5 heteroatoms. The molecule has 0 radical (unpaired) electrons. The van der Waals surface area contributed by atoms with E-state index in [-0.39, 0.29) is 35.8 Å². The van der Waals surface area contributed by atoms with Gasteiger partial charge in [0, 0.05) is 17.5 Å². The van der Waals surface area contributed by atoms with E-state index in [0.29, 0.717) is 10.6 Å². The van der Waals surface area contributed by atoms with Crippen LogP contribution in [0, 0.1) is 6.92 Å². The van der Waals surface area contributed by atoms with Gasteiger partial charge in [-0.1, -0.05) is 11.6 Å². The van der Waals surface area contributed by atoms with Crippen molar-refractivity contribution in [2.45, 2.75) is 13.3 Å². The summed E-state index contributed by atoms with van der Waals surface area (Å²) >= 11 is 5.94. The molecule has 1 rings (SSSR count). The van der Waals surface area contributed by atoms with Crippen molar-refractivity contribution in [3.63, 3.8) is 0 Å². The van der Waals surface area contributed by atoms with Crippen LogP contribution in [0.5, 0.6) is 11.5 Å². The zero-order valence-electron chi connectivity index (χ0n) is 9.21.